The van der Waals surface area contributed by atoms with Crippen LogP contribution in [0.3, 0.4) is 0 Å². The fourth-order valence-electron chi connectivity index (χ4n) is 1.63. The molecular weight excluding hydrogens is 259 g/mol. The van der Waals surface area contributed by atoms with Crippen molar-refractivity contribution in [1.82, 2.24) is 10.6 Å². The normalized spacial score (nSPS) is 11.2. The molecule has 0 aromatic heterocycles. The Hall–Kier alpha value is -1.88. The summed E-state index contributed by atoms with van der Waals surface area (Å²) in [6, 6.07) is 6.36. The van der Waals surface area contributed by atoms with Crippen LogP contribution in [0.2, 0.25) is 0 Å². The lowest BCUT2D eigenvalue weighted by atomic mass is 10.2. The Morgan fingerprint density at radius 2 is 2.25 bits per heavy atom. The summed E-state index contributed by atoms with van der Waals surface area (Å²) in [6.07, 6.45) is 2.41. The molecule has 0 fully saturated rings. The van der Waals surface area contributed by atoms with Gasteiger partial charge in [-0.25, -0.2) is 4.39 Å². The minimum atomic E-state index is -0.257. The monoisotopic (exact) mass is 280 g/mol. The maximum Gasteiger partial charge on any atom is 0.246 e. The predicted octanol–water partition coefficient (Wildman–Crippen LogP) is 1.62. The SMILES string of the molecule is CN/C=C(\C)CNC(=O)COCCc1cccc(F)c1. The van der Waals surface area contributed by atoms with E-state index in [-0.39, 0.29) is 18.3 Å². The van der Waals surface area contributed by atoms with Gasteiger partial charge in [-0.2, -0.15) is 0 Å². The smallest absolute Gasteiger partial charge is 0.246 e. The predicted molar refractivity (Wildman–Crippen MR) is 76.7 cm³/mol. The quantitative estimate of drug-likeness (QED) is 0.712. The van der Waals surface area contributed by atoms with Gasteiger partial charge in [-0.05, 0) is 42.8 Å². The number of halogens is 1. The van der Waals surface area contributed by atoms with Gasteiger partial charge in [-0.3, -0.25) is 4.79 Å². The molecule has 0 atom stereocenters. The van der Waals surface area contributed by atoms with Crippen LogP contribution in [0.5, 0.6) is 0 Å². The summed E-state index contributed by atoms with van der Waals surface area (Å²) in [5.41, 5.74) is 1.89. The van der Waals surface area contributed by atoms with Gasteiger partial charge in [0.25, 0.3) is 0 Å². The molecule has 1 amide bonds. The zero-order valence-corrected chi connectivity index (χ0v) is 11.9. The van der Waals surface area contributed by atoms with Crippen molar-refractivity contribution in [2.75, 3.05) is 26.8 Å². The molecule has 0 heterocycles. The molecule has 0 spiro atoms. The second kappa shape index (κ2) is 9.09. The third-order valence-corrected chi connectivity index (χ3v) is 2.61. The molecule has 5 heteroatoms. The summed E-state index contributed by atoms with van der Waals surface area (Å²) in [7, 11) is 1.81. The molecule has 0 aliphatic carbocycles. The molecule has 4 nitrogen and oxygen atoms in total. The van der Waals surface area contributed by atoms with Crippen molar-refractivity contribution in [2.24, 2.45) is 0 Å². The second-order valence-corrected chi connectivity index (χ2v) is 4.49. The Kier molecular flexibility index (Phi) is 7.35. The van der Waals surface area contributed by atoms with Gasteiger partial charge in [0.05, 0.1) is 6.61 Å². The summed E-state index contributed by atoms with van der Waals surface area (Å²) < 4.78 is 18.2. The van der Waals surface area contributed by atoms with Crippen LogP contribution in [-0.2, 0) is 16.0 Å². The molecule has 0 bridgehead atoms. The number of carbonyl (C=O) groups excluding carboxylic acids is 1. The molecule has 0 saturated heterocycles. The lowest BCUT2D eigenvalue weighted by Gasteiger charge is -2.07. The molecule has 1 rings (SSSR count). The van der Waals surface area contributed by atoms with E-state index < -0.39 is 0 Å². The third-order valence-electron chi connectivity index (χ3n) is 2.61. The highest BCUT2D eigenvalue weighted by atomic mass is 19.1. The largest absolute Gasteiger partial charge is 0.394 e. The van der Waals surface area contributed by atoms with Crippen LogP contribution in [-0.4, -0.2) is 32.7 Å². The third kappa shape index (κ3) is 6.89. The summed E-state index contributed by atoms with van der Waals surface area (Å²) >= 11 is 0. The second-order valence-electron chi connectivity index (χ2n) is 4.49. The van der Waals surface area contributed by atoms with Crippen LogP contribution in [0.1, 0.15) is 12.5 Å². The highest BCUT2D eigenvalue weighted by Gasteiger charge is 2.01. The van der Waals surface area contributed by atoms with Crippen LogP contribution in [0, 0.1) is 5.82 Å². The molecule has 2 N–H and O–H groups in total. The molecular formula is C15H21FN2O2. The van der Waals surface area contributed by atoms with E-state index in [2.05, 4.69) is 10.6 Å². The van der Waals surface area contributed by atoms with Gasteiger partial charge >= 0.3 is 0 Å². The number of hydrogen-bond donors (Lipinski definition) is 2. The van der Waals surface area contributed by atoms with Crippen molar-refractivity contribution in [3.63, 3.8) is 0 Å². The number of carbonyl (C=O) groups is 1. The van der Waals surface area contributed by atoms with Crippen molar-refractivity contribution < 1.29 is 13.9 Å². The van der Waals surface area contributed by atoms with E-state index in [4.69, 9.17) is 4.74 Å². The van der Waals surface area contributed by atoms with Crippen LogP contribution < -0.4 is 10.6 Å². The number of rotatable bonds is 8. The van der Waals surface area contributed by atoms with E-state index in [1.807, 2.05) is 19.2 Å². The molecule has 20 heavy (non-hydrogen) atoms. The van der Waals surface area contributed by atoms with Gasteiger partial charge in [0.1, 0.15) is 12.4 Å². The van der Waals surface area contributed by atoms with Crippen LogP contribution >= 0.6 is 0 Å². The Bertz CT molecular complexity index is 461. The maximum absolute atomic E-state index is 12.9. The van der Waals surface area contributed by atoms with Gasteiger partial charge in [-0.15, -0.1) is 0 Å². The van der Waals surface area contributed by atoms with E-state index in [1.165, 1.54) is 12.1 Å². The first kappa shape index (κ1) is 16.2. The van der Waals surface area contributed by atoms with Crippen LogP contribution in [0.25, 0.3) is 0 Å². The Balaban J connectivity index is 2.15. The van der Waals surface area contributed by atoms with Gasteiger partial charge in [0.15, 0.2) is 0 Å². The fraction of sp³-hybridized carbons (Fsp3) is 0.400. The topological polar surface area (TPSA) is 50.4 Å². The zero-order chi connectivity index (χ0) is 14.8. The summed E-state index contributed by atoms with van der Waals surface area (Å²) in [4.78, 5) is 11.5. The number of amides is 1. The van der Waals surface area contributed by atoms with Crippen LogP contribution in [0.4, 0.5) is 4.39 Å². The molecule has 0 unspecified atom stereocenters. The zero-order valence-electron chi connectivity index (χ0n) is 11.9. The molecule has 1 aromatic rings. The molecule has 1 aromatic carbocycles. The molecule has 0 aliphatic rings. The molecule has 0 aliphatic heterocycles. The summed E-state index contributed by atoms with van der Waals surface area (Å²) in [5.74, 6) is -0.417. The summed E-state index contributed by atoms with van der Waals surface area (Å²) in [5, 5.41) is 5.63. The Labute approximate surface area is 119 Å². The van der Waals surface area contributed by atoms with Crippen molar-refractivity contribution in [1.29, 1.82) is 0 Å². The number of nitrogens with one attached hydrogen (secondary N) is 2. The van der Waals surface area contributed by atoms with Gasteiger partial charge < -0.3 is 15.4 Å². The van der Waals surface area contributed by atoms with E-state index >= 15 is 0 Å². The Morgan fingerprint density at radius 3 is 2.95 bits per heavy atom. The minimum Gasteiger partial charge on any atom is -0.394 e. The van der Waals surface area contributed by atoms with Crippen LogP contribution in [0.15, 0.2) is 36.0 Å². The average molecular weight is 280 g/mol. The minimum absolute atomic E-state index is 0.0160. The van der Waals surface area contributed by atoms with Crippen molar-refractivity contribution in [3.05, 3.63) is 47.4 Å². The van der Waals surface area contributed by atoms with Gasteiger partial charge in [0, 0.05) is 13.6 Å². The maximum atomic E-state index is 12.9. The molecule has 0 saturated carbocycles. The van der Waals surface area contributed by atoms with Crippen molar-refractivity contribution in [2.45, 2.75) is 13.3 Å². The highest BCUT2D eigenvalue weighted by molar-refractivity contribution is 5.77. The lowest BCUT2D eigenvalue weighted by Crippen LogP contribution is -2.29. The van der Waals surface area contributed by atoms with E-state index in [9.17, 15) is 9.18 Å². The van der Waals surface area contributed by atoms with E-state index in [0.717, 1.165) is 11.1 Å². The van der Waals surface area contributed by atoms with Crippen molar-refractivity contribution in [3.8, 4) is 0 Å². The number of hydrogen-bond acceptors (Lipinski definition) is 3. The first-order valence-electron chi connectivity index (χ1n) is 6.53. The standard InChI is InChI=1S/C15H21FN2O2/c1-12(9-17-2)10-18-15(19)11-20-7-6-13-4-3-5-14(16)8-13/h3-5,8-9,17H,6-7,10-11H2,1-2H3,(H,18,19)/b12-9+. The van der Waals surface area contributed by atoms with E-state index in [1.54, 1.807) is 13.1 Å². The average Bonchev–Trinajstić information content (AvgIpc) is 2.42. The van der Waals surface area contributed by atoms with Gasteiger partial charge in [-0.1, -0.05) is 12.1 Å². The first-order valence-corrected chi connectivity index (χ1v) is 6.53. The van der Waals surface area contributed by atoms with Crippen molar-refractivity contribution >= 4 is 5.91 Å². The first-order chi connectivity index (χ1) is 9.61. The number of ether oxygens (including phenoxy) is 1. The number of benzene rings is 1. The molecule has 110 valence electrons. The molecule has 0 radical (unpaired) electrons. The Morgan fingerprint density at radius 1 is 1.45 bits per heavy atom. The fourth-order valence-corrected chi connectivity index (χ4v) is 1.63. The van der Waals surface area contributed by atoms with E-state index in [0.29, 0.717) is 19.6 Å². The summed E-state index contributed by atoms with van der Waals surface area (Å²) in [6.45, 7) is 2.82. The lowest BCUT2D eigenvalue weighted by molar-refractivity contribution is -0.125. The van der Waals surface area contributed by atoms with Gasteiger partial charge in [0.2, 0.25) is 5.91 Å². The highest BCUT2D eigenvalue weighted by Crippen LogP contribution is 2.04.